The average molecular weight is 398 g/mol. The highest BCUT2D eigenvalue weighted by Gasteiger charge is 2.23. The van der Waals surface area contributed by atoms with E-state index in [1.165, 1.54) is 11.6 Å². The summed E-state index contributed by atoms with van der Waals surface area (Å²) in [7, 11) is 0. The molecule has 154 valence electrons. The normalized spacial score (nSPS) is 12.9. The number of ether oxygens (including phenoxy) is 1. The molecule has 0 aliphatic rings. The minimum Gasteiger partial charge on any atom is -0.508 e. The van der Waals surface area contributed by atoms with Gasteiger partial charge in [-0.15, -0.1) is 0 Å². The molecule has 29 heavy (non-hydrogen) atoms. The zero-order chi connectivity index (χ0) is 21.2. The topological polar surface area (TPSA) is 108 Å². The first-order chi connectivity index (χ1) is 13.9. The summed E-state index contributed by atoms with van der Waals surface area (Å²) in [6, 6.07) is 13.9. The van der Waals surface area contributed by atoms with Crippen molar-refractivity contribution in [2.75, 3.05) is 5.32 Å². The fourth-order valence-corrected chi connectivity index (χ4v) is 2.81. The number of nitrogens with one attached hydrogen (secondary N) is 2. The van der Waals surface area contributed by atoms with E-state index < -0.39 is 18.1 Å². The van der Waals surface area contributed by atoms with E-state index in [-0.39, 0.29) is 11.7 Å². The molecule has 0 spiro atoms. The van der Waals surface area contributed by atoms with Gasteiger partial charge in [-0.25, -0.2) is 10.3 Å². The monoisotopic (exact) mass is 398 g/mol. The number of allylic oxidation sites excluding steroid dienone is 1. The molecule has 0 aliphatic heterocycles. The summed E-state index contributed by atoms with van der Waals surface area (Å²) in [5.41, 5.74) is 4.01. The number of aromatic hydroxyl groups is 1. The molecule has 2 atom stereocenters. The molecule has 0 heterocycles. The number of hydroxylamine groups is 1. The second-order valence-electron chi connectivity index (χ2n) is 6.84. The van der Waals surface area contributed by atoms with E-state index >= 15 is 0 Å². The Kier molecular flexibility index (Phi) is 8.24. The Morgan fingerprint density at radius 3 is 2.38 bits per heavy atom. The van der Waals surface area contributed by atoms with Crippen molar-refractivity contribution in [3.05, 3.63) is 71.8 Å². The predicted octanol–water partition coefficient (Wildman–Crippen LogP) is 4.47. The van der Waals surface area contributed by atoms with E-state index in [1.54, 1.807) is 42.5 Å². The van der Waals surface area contributed by atoms with Crippen LogP contribution in [0.15, 0.2) is 60.7 Å². The molecule has 4 N–H and O–H groups in total. The van der Waals surface area contributed by atoms with Crippen LogP contribution in [0.5, 0.6) is 5.75 Å². The van der Waals surface area contributed by atoms with Gasteiger partial charge in [-0.05, 0) is 55.5 Å². The van der Waals surface area contributed by atoms with Crippen LogP contribution in [0.25, 0.3) is 0 Å². The smallest absolute Gasteiger partial charge is 0.412 e. The fourth-order valence-electron chi connectivity index (χ4n) is 2.81. The number of hydrogen-bond donors (Lipinski definition) is 4. The third kappa shape index (κ3) is 7.31. The lowest BCUT2D eigenvalue weighted by molar-refractivity contribution is -0.124. The molecule has 2 rings (SSSR count). The molecule has 0 fully saturated rings. The first-order valence-corrected chi connectivity index (χ1v) is 9.33. The standard InChI is InChI=1S/C22H26N2O5/c1-15-7-11-18(12-8-15)23-22(27)29-21(17-9-13-19(25)14-10-17)16(2)5-3-4-6-20(26)24-28/h4,6-14,16,21,25,28H,3,5H2,1-2H3,(H,23,27)(H,24,26)/b6-4+/t16-,21-/m0/s1. The number of rotatable bonds is 8. The Balaban J connectivity index is 2.06. The number of carbonyl (C=O) groups is 2. The van der Waals surface area contributed by atoms with Crippen molar-refractivity contribution in [3.8, 4) is 5.75 Å². The molecule has 7 nitrogen and oxygen atoms in total. The van der Waals surface area contributed by atoms with Crippen molar-refractivity contribution in [2.24, 2.45) is 5.92 Å². The molecular weight excluding hydrogens is 372 g/mol. The Bertz CT molecular complexity index is 831. The van der Waals surface area contributed by atoms with Gasteiger partial charge in [0.25, 0.3) is 5.91 Å². The van der Waals surface area contributed by atoms with Crippen molar-refractivity contribution in [1.82, 2.24) is 5.48 Å². The van der Waals surface area contributed by atoms with Crippen molar-refractivity contribution in [3.63, 3.8) is 0 Å². The van der Waals surface area contributed by atoms with Crippen LogP contribution in [0.4, 0.5) is 10.5 Å². The van der Waals surface area contributed by atoms with Crippen molar-refractivity contribution in [1.29, 1.82) is 0 Å². The summed E-state index contributed by atoms with van der Waals surface area (Å²) >= 11 is 0. The van der Waals surface area contributed by atoms with E-state index in [4.69, 9.17) is 9.94 Å². The minimum atomic E-state index is -0.596. The van der Waals surface area contributed by atoms with Gasteiger partial charge in [0, 0.05) is 11.8 Å². The SMILES string of the molecule is Cc1ccc(NC(=O)O[C@H](c2ccc(O)cc2)[C@@H](C)CC/C=C/C(=O)NO)cc1. The van der Waals surface area contributed by atoms with Crippen LogP contribution in [0.2, 0.25) is 0 Å². The predicted molar refractivity (Wildman–Crippen MR) is 110 cm³/mol. The maximum atomic E-state index is 12.4. The van der Waals surface area contributed by atoms with Crippen LogP contribution in [0.3, 0.4) is 0 Å². The number of carbonyl (C=O) groups excluding carboxylic acids is 2. The van der Waals surface area contributed by atoms with Gasteiger partial charge in [-0.3, -0.25) is 15.3 Å². The molecule has 0 radical (unpaired) electrons. The van der Waals surface area contributed by atoms with Crippen molar-refractivity contribution in [2.45, 2.75) is 32.8 Å². The molecule has 2 aromatic rings. The van der Waals surface area contributed by atoms with Gasteiger partial charge < -0.3 is 9.84 Å². The lowest BCUT2D eigenvalue weighted by atomic mass is 9.93. The van der Waals surface area contributed by atoms with Crippen LogP contribution >= 0.6 is 0 Å². The van der Waals surface area contributed by atoms with Crippen LogP contribution in [0, 0.1) is 12.8 Å². The van der Waals surface area contributed by atoms with Crippen molar-refractivity contribution < 1.29 is 24.6 Å². The molecule has 0 aliphatic carbocycles. The summed E-state index contributed by atoms with van der Waals surface area (Å²) in [5.74, 6) is -0.533. The highest BCUT2D eigenvalue weighted by atomic mass is 16.6. The van der Waals surface area contributed by atoms with Crippen LogP contribution in [0.1, 0.15) is 37.0 Å². The summed E-state index contributed by atoms with van der Waals surface area (Å²) in [5, 5.41) is 20.8. The number of phenolic OH excluding ortho intramolecular Hbond substituents is 1. The number of hydrogen-bond acceptors (Lipinski definition) is 5. The molecule has 0 unspecified atom stereocenters. The van der Waals surface area contributed by atoms with Gasteiger partial charge in [0.15, 0.2) is 0 Å². The molecule has 7 heteroatoms. The summed E-state index contributed by atoms with van der Waals surface area (Å²) in [6.07, 6.45) is 2.97. The highest BCUT2D eigenvalue weighted by Crippen LogP contribution is 2.31. The third-order valence-electron chi connectivity index (χ3n) is 4.44. The zero-order valence-electron chi connectivity index (χ0n) is 16.5. The van der Waals surface area contributed by atoms with Crippen LogP contribution in [-0.2, 0) is 9.53 Å². The number of aryl methyl sites for hydroxylation is 1. The molecule has 0 aromatic heterocycles. The van der Waals surface area contributed by atoms with E-state index in [0.29, 0.717) is 18.5 Å². The number of benzene rings is 2. The molecule has 0 bridgehead atoms. The maximum Gasteiger partial charge on any atom is 0.412 e. The average Bonchev–Trinajstić information content (AvgIpc) is 2.71. The zero-order valence-corrected chi connectivity index (χ0v) is 16.5. The molecule has 0 saturated heterocycles. The third-order valence-corrected chi connectivity index (χ3v) is 4.44. The summed E-state index contributed by atoms with van der Waals surface area (Å²) in [4.78, 5) is 23.5. The quantitative estimate of drug-likeness (QED) is 0.298. The van der Waals surface area contributed by atoms with Crippen molar-refractivity contribution >= 4 is 17.7 Å². The van der Waals surface area contributed by atoms with E-state index in [0.717, 1.165) is 11.1 Å². The largest absolute Gasteiger partial charge is 0.508 e. The van der Waals surface area contributed by atoms with Crippen LogP contribution < -0.4 is 10.8 Å². The first-order valence-electron chi connectivity index (χ1n) is 9.33. The lowest BCUT2D eigenvalue weighted by Gasteiger charge is -2.24. The highest BCUT2D eigenvalue weighted by molar-refractivity contribution is 5.86. The van der Waals surface area contributed by atoms with E-state index in [1.807, 2.05) is 26.0 Å². The lowest BCUT2D eigenvalue weighted by Crippen LogP contribution is -2.22. The Labute approximate surface area is 170 Å². The molecular formula is C22H26N2O5. The van der Waals surface area contributed by atoms with Gasteiger partial charge >= 0.3 is 6.09 Å². The van der Waals surface area contributed by atoms with E-state index in [9.17, 15) is 14.7 Å². The Morgan fingerprint density at radius 1 is 1.10 bits per heavy atom. The van der Waals surface area contributed by atoms with Gasteiger partial charge in [0.2, 0.25) is 0 Å². The second kappa shape index (κ2) is 10.9. The molecule has 2 aromatic carbocycles. The maximum absolute atomic E-state index is 12.4. The fraction of sp³-hybridized carbons (Fsp3) is 0.273. The first kappa shape index (κ1) is 22.0. The van der Waals surface area contributed by atoms with Gasteiger partial charge in [0.1, 0.15) is 11.9 Å². The number of phenols is 1. The van der Waals surface area contributed by atoms with E-state index in [2.05, 4.69) is 5.32 Å². The summed E-state index contributed by atoms with van der Waals surface area (Å²) in [6.45, 7) is 3.90. The summed E-state index contributed by atoms with van der Waals surface area (Å²) < 4.78 is 5.70. The number of amides is 2. The molecule has 2 amide bonds. The van der Waals surface area contributed by atoms with Gasteiger partial charge in [-0.1, -0.05) is 42.8 Å². The van der Waals surface area contributed by atoms with Gasteiger partial charge in [0.05, 0.1) is 0 Å². The Morgan fingerprint density at radius 2 is 1.76 bits per heavy atom. The minimum absolute atomic E-state index is 0.0647. The second-order valence-corrected chi connectivity index (χ2v) is 6.84. The number of anilines is 1. The van der Waals surface area contributed by atoms with Crippen LogP contribution in [-0.4, -0.2) is 22.3 Å². The Hall–Kier alpha value is -3.32. The molecule has 0 saturated carbocycles. The van der Waals surface area contributed by atoms with Gasteiger partial charge in [-0.2, -0.15) is 0 Å².